The summed E-state index contributed by atoms with van der Waals surface area (Å²) >= 11 is 0. The molecule has 0 saturated carbocycles. The van der Waals surface area contributed by atoms with E-state index in [2.05, 4.69) is 36.2 Å². The van der Waals surface area contributed by atoms with Crippen LogP contribution in [-0.4, -0.2) is 11.6 Å². The Morgan fingerprint density at radius 2 is 2.14 bits per heavy atom. The largest absolute Gasteiger partial charge is 0.492 e. The zero-order valence-electron chi connectivity index (χ0n) is 12.7. The third-order valence-electron chi connectivity index (χ3n) is 4.48. The molecule has 110 valence electrons. The number of nitrogens with zero attached hydrogens (tertiary/aromatic N) is 1. The first-order chi connectivity index (χ1) is 10.1. The second-order valence-corrected chi connectivity index (χ2v) is 5.84. The van der Waals surface area contributed by atoms with Crippen LogP contribution in [0.15, 0.2) is 42.7 Å². The van der Waals surface area contributed by atoms with Gasteiger partial charge in [0.1, 0.15) is 5.75 Å². The van der Waals surface area contributed by atoms with Crippen molar-refractivity contribution in [2.75, 3.05) is 6.61 Å². The molecule has 21 heavy (non-hydrogen) atoms. The Balaban J connectivity index is 2.09. The number of rotatable bonds is 3. The highest BCUT2D eigenvalue weighted by Gasteiger charge is 2.37. The first-order valence-electron chi connectivity index (χ1n) is 7.61. The van der Waals surface area contributed by atoms with Gasteiger partial charge < -0.3 is 10.5 Å². The summed E-state index contributed by atoms with van der Waals surface area (Å²) < 4.78 is 5.57. The Morgan fingerprint density at radius 3 is 2.95 bits per heavy atom. The van der Waals surface area contributed by atoms with Gasteiger partial charge in [-0.25, -0.2) is 0 Å². The third-order valence-corrected chi connectivity index (χ3v) is 4.48. The van der Waals surface area contributed by atoms with Crippen molar-refractivity contribution in [2.24, 2.45) is 5.73 Å². The molecule has 1 aliphatic carbocycles. The van der Waals surface area contributed by atoms with E-state index < -0.39 is 5.54 Å². The van der Waals surface area contributed by atoms with Gasteiger partial charge in [0.05, 0.1) is 18.3 Å². The highest BCUT2D eigenvalue weighted by molar-refractivity contribution is 5.46. The van der Waals surface area contributed by atoms with Crippen LogP contribution in [0, 0.1) is 0 Å². The number of nitrogens with two attached hydrogens (primary N) is 1. The topological polar surface area (TPSA) is 48.1 Å². The highest BCUT2D eigenvalue weighted by Crippen LogP contribution is 2.43. The molecule has 2 atom stereocenters. The fraction of sp³-hybridized carbons (Fsp3) is 0.389. The summed E-state index contributed by atoms with van der Waals surface area (Å²) in [5, 5.41) is 0. The van der Waals surface area contributed by atoms with E-state index in [1.54, 1.807) is 6.20 Å². The molecule has 0 saturated heterocycles. The van der Waals surface area contributed by atoms with Crippen molar-refractivity contribution < 1.29 is 4.74 Å². The van der Waals surface area contributed by atoms with Crippen LogP contribution < -0.4 is 10.5 Å². The lowest BCUT2D eigenvalue weighted by Gasteiger charge is -2.38. The molecule has 3 heteroatoms. The fourth-order valence-corrected chi connectivity index (χ4v) is 3.28. The van der Waals surface area contributed by atoms with E-state index >= 15 is 0 Å². The Hall–Kier alpha value is -1.87. The molecule has 2 aromatic rings. The molecule has 2 unspecified atom stereocenters. The molecule has 3 rings (SSSR count). The quantitative estimate of drug-likeness (QED) is 0.936. The Bertz CT molecular complexity index is 641. The van der Waals surface area contributed by atoms with Gasteiger partial charge in [-0.05, 0) is 48.4 Å². The average molecular weight is 282 g/mol. The Morgan fingerprint density at radius 1 is 1.33 bits per heavy atom. The van der Waals surface area contributed by atoms with Crippen molar-refractivity contribution in [3.05, 3.63) is 59.4 Å². The average Bonchev–Trinajstić information content (AvgIpc) is 2.52. The van der Waals surface area contributed by atoms with Crippen LogP contribution in [0.4, 0.5) is 0 Å². The predicted octanol–water partition coefficient (Wildman–Crippen LogP) is 3.58. The normalized spacial score (nSPS) is 24.4. The van der Waals surface area contributed by atoms with Crippen LogP contribution in [0.1, 0.15) is 49.3 Å². The molecule has 0 spiro atoms. The predicted molar refractivity (Wildman–Crippen MR) is 84.5 cm³/mol. The first-order valence-corrected chi connectivity index (χ1v) is 7.61. The molecule has 1 aromatic heterocycles. The monoisotopic (exact) mass is 282 g/mol. The second kappa shape index (κ2) is 5.49. The molecule has 0 aliphatic heterocycles. The van der Waals surface area contributed by atoms with Crippen LogP contribution in [-0.2, 0) is 5.54 Å². The number of aromatic nitrogens is 1. The van der Waals surface area contributed by atoms with Crippen LogP contribution in [0.2, 0.25) is 0 Å². The minimum absolute atomic E-state index is 0.469. The van der Waals surface area contributed by atoms with Crippen molar-refractivity contribution in [3.8, 4) is 5.75 Å². The van der Waals surface area contributed by atoms with Crippen molar-refractivity contribution in [2.45, 2.75) is 38.1 Å². The minimum Gasteiger partial charge on any atom is -0.492 e. The van der Waals surface area contributed by atoms with Crippen molar-refractivity contribution in [1.29, 1.82) is 0 Å². The lowest BCUT2D eigenvalue weighted by molar-refractivity contribution is 0.336. The second-order valence-electron chi connectivity index (χ2n) is 5.84. The van der Waals surface area contributed by atoms with Crippen molar-refractivity contribution in [1.82, 2.24) is 4.98 Å². The third kappa shape index (κ3) is 2.42. The maximum absolute atomic E-state index is 6.82. The van der Waals surface area contributed by atoms with Crippen LogP contribution in [0.5, 0.6) is 5.75 Å². The smallest absolute Gasteiger partial charge is 0.137 e. The summed E-state index contributed by atoms with van der Waals surface area (Å²) in [5.41, 5.74) is 9.97. The van der Waals surface area contributed by atoms with E-state index in [-0.39, 0.29) is 0 Å². The van der Waals surface area contributed by atoms with E-state index in [1.165, 1.54) is 11.1 Å². The molecule has 0 radical (unpaired) electrons. The van der Waals surface area contributed by atoms with Crippen molar-refractivity contribution >= 4 is 0 Å². The fourth-order valence-electron chi connectivity index (χ4n) is 3.28. The summed E-state index contributed by atoms with van der Waals surface area (Å²) in [6, 6.07) is 10.5. The van der Waals surface area contributed by atoms with E-state index in [0.29, 0.717) is 12.5 Å². The lowest BCUT2D eigenvalue weighted by atomic mass is 9.70. The minimum atomic E-state index is -0.469. The van der Waals surface area contributed by atoms with Gasteiger partial charge in [-0.2, -0.15) is 0 Å². The summed E-state index contributed by atoms with van der Waals surface area (Å²) in [4.78, 5) is 4.31. The van der Waals surface area contributed by atoms with Gasteiger partial charge in [-0.1, -0.05) is 31.2 Å². The van der Waals surface area contributed by atoms with E-state index in [4.69, 9.17) is 10.5 Å². The van der Waals surface area contributed by atoms with Gasteiger partial charge in [0.25, 0.3) is 0 Å². The Kier molecular flexibility index (Phi) is 3.68. The lowest BCUT2D eigenvalue weighted by Crippen LogP contribution is -2.41. The molecule has 1 heterocycles. The molecule has 3 nitrogen and oxygen atoms in total. The zero-order chi connectivity index (χ0) is 14.9. The molecule has 2 N–H and O–H groups in total. The van der Waals surface area contributed by atoms with Gasteiger partial charge in [-0.15, -0.1) is 0 Å². The number of benzene rings is 1. The van der Waals surface area contributed by atoms with E-state index in [9.17, 15) is 0 Å². The van der Waals surface area contributed by atoms with Gasteiger partial charge >= 0.3 is 0 Å². The Labute approximate surface area is 126 Å². The summed E-state index contributed by atoms with van der Waals surface area (Å²) in [6.45, 7) is 4.88. The van der Waals surface area contributed by atoms with Crippen LogP contribution >= 0.6 is 0 Å². The van der Waals surface area contributed by atoms with E-state index in [1.807, 2.05) is 19.2 Å². The summed E-state index contributed by atoms with van der Waals surface area (Å²) in [6.07, 6.45) is 5.64. The summed E-state index contributed by atoms with van der Waals surface area (Å²) in [5.74, 6) is 1.34. The number of hydrogen-bond donors (Lipinski definition) is 1. The van der Waals surface area contributed by atoms with Gasteiger partial charge in [0.15, 0.2) is 0 Å². The van der Waals surface area contributed by atoms with Crippen LogP contribution in [0.25, 0.3) is 0 Å². The number of pyridine rings is 1. The SMILES string of the molecule is CCOc1cncc(C2(N)CCC(C)c3ccccc32)c1. The van der Waals surface area contributed by atoms with Gasteiger partial charge in [0.2, 0.25) is 0 Å². The molecule has 1 aliphatic rings. The van der Waals surface area contributed by atoms with Gasteiger partial charge in [0, 0.05) is 6.20 Å². The molecule has 0 bridgehead atoms. The summed E-state index contributed by atoms with van der Waals surface area (Å²) in [7, 11) is 0. The maximum Gasteiger partial charge on any atom is 0.137 e. The van der Waals surface area contributed by atoms with Crippen molar-refractivity contribution in [3.63, 3.8) is 0 Å². The maximum atomic E-state index is 6.82. The number of hydrogen-bond acceptors (Lipinski definition) is 3. The first kappa shape index (κ1) is 14.1. The molecule has 0 amide bonds. The zero-order valence-corrected chi connectivity index (χ0v) is 12.7. The van der Waals surface area contributed by atoms with E-state index in [0.717, 1.165) is 24.2 Å². The number of fused-ring (bicyclic) bond motifs is 1. The van der Waals surface area contributed by atoms with Gasteiger partial charge in [-0.3, -0.25) is 4.98 Å². The highest BCUT2D eigenvalue weighted by atomic mass is 16.5. The molecule has 0 fully saturated rings. The van der Waals surface area contributed by atoms with Crippen LogP contribution in [0.3, 0.4) is 0 Å². The molecule has 1 aromatic carbocycles. The molecular weight excluding hydrogens is 260 g/mol. The number of ether oxygens (including phenoxy) is 1. The standard InChI is InChI=1S/C18H22N2O/c1-3-21-15-10-14(11-20-12-15)18(19)9-8-13(2)16-6-4-5-7-17(16)18/h4-7,10-13H,3,8-9,19H2,1-2H3. The molecular formula is C18H22N2O.